The molecule has 11 heteroatoms. The molecule has 1 N–H and O–H groups in total. The number of nitrogens with one attached hydrogen (secondary N) is 1. The third-order valence-electron chi connectivity index (χ3n) is 4.75. The zero-order valence-corrected chi connectivity index (χ0v) is 16.1. The molecule has 1 atom stereocenters. The van der Waals surface area contributed by atoms with Crippen LogP contribution in [-0.2, 0) is 22.8 Å². The first-order valence-electron chi connectivity index (χ1n) is 8.83. The standard InChI is InChI=1S/C18H20F3N5O3/c1-10-12(4-5-15(23-10)18(19,20)21)17(28)26-6-7-29-14(9-26)16(27)24-13-8-22-25(3)11(13)2/h4-5,8,14H,6-7,9H2,1-3H3,(H,24,27). The van der Waals surface area contributed by atoms with Crippen molar-refractivity contribution in [1.29, 1.82) is 0 Å². The van der Waals surface area contributed by atoms with Crippen LogP contribution < -0.4 is 5.32 Å². The highest BCUT2D eigenvalue weighted by Gasteiger charge is 2.34. The van der Waals surface area contributed by atoms with E-state index in [1.807, 2.05) is 0 Å². The predicted octanol–water partition coefficient (Wildman–Crippen LogP) is 1.93. The number of rotatable bonds is 3. The molecule has 1 saturated heterocycles. The summed E-state index contributed by atoms with van der Waals surface area (Å²) in [5.41, 5.74) is 0.268. The molecule has 2 aromatic rings. The van der Waals surface area contributed by atoms with Gasteiger partial charge in [-0.15, -0.1) is 0 Å². The summed E-state index contributed by atoms with van der Waals surface area (Å²) in [5, 5.41) is 6.75. The lowest BCUT2D eigenvalue weighted by molar-refractivity contribution is -0.141. The van der Waals surface area contributed by atoms with Crippen LogP contribution >= 0.6 is 0 Å². The maximum Gasteiger partial charge on any atom is 0.433 e. The van der Waals surface area contributed by atoms with E-state index < -0.39 is 29.8 Å². The van der Waals surface area contributed by atoms with E-state index in [9.17, 15) is 22.8 Å². The van der Waals surface area contributed by atoms with Crippen LogP contribution in [0.1, 0.15) is 27.4 Å². The topological polar surface area (TPSA) is 89.3 Å². The van der Waals surface area contributed by atoms with E-state index in [1.165, 1.54) is 18.0 Å². The molecule has 156 valence electrons. The number of carbonyl (C=O) groups is 2. The highest BCUT2D eigenvalue weighted by Crippen LogP contribution is 2.28. The number of alkyl halides is 3. The molecule has 1 aliphatic heterocycles. The summed E-state index contributed by atoms with van der Waals surface area (Å²) in [6.07, 6.45) is -3.98. The van der Waals surface area contributed by atoms with Crippen LogP contribution in [0.15, 0.2) is 18.3 Å². The zero-order valence-electron chi connectivity index (χ0n) is 16.1. The lowest BCUT2D eigenvalue weighted by Gasteiger charge is -2.32. The summed E-state index contributed by atoms with van der Waals surface area (Å²) in [6.45, 7) is 3.46. The molecule has 1 aliphatic rings. The molecule has 0 aliphatic carbocycles. The molecular formula is C18H20F3N5O3. The lowest BCUT2D eigenvalue weighted by atomic mass is 10.1. The molecule has 0 radical (unpaired) electrons. The average molecular weight is 411 g/mol. The van der Waals surface area contributed by atoms with Gasteiger partial charge in [-0.3, -0.25) is 14.3 Å². The number of ether oxygens (including phenoxy) is 1. The Labute approximate surface area is 164 Å². The van der Waals surface area contributed by atoms with E-state index in [0.717, 1.165) is 17.8 Å². The molecule has 29 heavy (non-hydrogen) atoms. The molecule has 3 rings (SSSR count). The maximum atomic E-state index is 12.8. The quantitative estimate of drug-likeness (QED) is 0.834. The number of nitrogens with zero attached hydrogens (tertiary/aromatic N) is 4. The van der Waals surface area contributed by atoms with Gasteiger partial charge in [0.1, 0.15) is 5.69 Å². The SMILES string of the molecule is Cc1nc(C(F)(F)F)ccc1C(=O)N1CCOC(C(=O)Nc2cnn(C)c2C)C1. The molecule has 1 unspecified atom stereocenters. The van der Waals surface area contributed by atoms with Crippen molar-refractivity contribution < 1.29 is 27.5 Å². The van der Waals surface area contributed by atoms with Crippen LogP contribution in [0, 0.1) is 13.8 Å². The maximum absolute atomic E-state index is 12.8. The highest BCUT2D eigenvalue weighted by atomic mass is 19.4. The first-order chi connectivity index (χ1) is 13.6. The fourth-order valence-corrected chi connectivity index (χ4v) is 2.94. The minimum Gasteiger partial charge on any atom is -0.365 e. The van der Waals surface area contributed by atoms with Crippen molar-refractivity contribution in [3.63, 3.8) is 0 Å². The Morgan fingerprint density at radius 2 is 2.00 bits per heavy atom. The van der Waals surface area contributed by atoms with Crippen LogP contribution in [-0.4, -0.2) is 57.3 Å². The Morgan fingerprint density at radius 3 is 2.59 bits per heavy atom. The largest absolute Gasteiger partial charge is 0.433 e. The van der Waals surface area contributed by atoms with Crippen LogP contribution in [0.25, 0.3) is 0 Å². The zero-order chi connectivity index (χ0) is 21.3. The van der Waals surface area contributed by atoms with Gasteiger partial charge < -0.3 is 15.0 Å². The van der Waals surface area contributed by atoms with Gasteiger partial charge in [-0.1, -0.05) is 0 Å². The van der Waals surface area contributed by atoms with Gasteiger partial charge in [0, 0.05) is 13.6 Å². The van der Waals surface area contributed by atoms with Gasteiger partial charge in [0.05, 0.1) is 42.0 Å². The molecule has 0 aromatic carbocycles. The molecule has 2 amide bonds. The number of morpholine rings is 1. The summed E-state index contributed by atoms with van der Waals surface area (Å²) < 4.78 is 45.4. The smallest absolute Gasteiger partial charge is 0.365 e. The monoisotopic (exact) mass is 411 g/mol. The van der Waals surface area contributed by atoms with Gasteiger partial charge in [0.15, 0.2) is 6.10 Å². The van der Waals surface area contributed by atoms with Crippen LogP contribution in [0.2, 0.25) is 0 Å². The number of aryl methyl sites for hydroxylation is 2. The number of anilines is 1. The summed E-state index contributed by atoms with van der Waals surface area (Å²) in [6, 6.07) is 1.88. The van der Waals surface area contributed by atoms with Gasteiger partial charge in [0.2, 0.25) is 0 Å². The van der Waals surface area contributed by atoms with E-state index in [2.05, 4.69) is 15.4 Å². The number of hydrogen-bond donors (Lipinski definition) is 1. The normalized spacial score (nSPS) is 17.3. The molecule has 2 aromatic heterocycles. The van der Waals surface area contributed by atoms with Crippen LogP contribution in [0.3, 0.4) is 0 Å². The second-order valence-electron chi connectivity index (χ2n) is 6.69. The van der Waals surface area contributed by atoms with Gasteiger partial charge in [-0.2, -0.15) is 18.3 Å². The number of amides is 2. The van der Waals surface area contributed by atoms with Gasteiger partial charge >= 0.3 is 6.18 Å². The predicted molar refractivity (Wildman–Crippen MR) is 96.2 cm³/mol. The van der Waals surface area contributed by atoms with Crippen molar-refractivity contribution in [1.82, 2.24) is 19.7 Å². The number of carbonyl (C=O) groups excluding carboxylic acids is 2. The Morgan fingerprint density at radius 1 is 1.28 bits per heavy atom. The van der Waals surface area contributed by atoms with Crippen molar-refractivity contribution in [3.05, 3.63) is 41.0 Å². The lowest BCUT2D eigenvalue weighted by Crippen LogP contribution is -2.50. The van der Waals surface area contributed by atoms with Crippen LogP contribution in [0.5, 0.6) is 0 Å². The van der Waals surface area contributed by atoms with Gasteiger partial charge in [-0.05, 0) is 26.0 Å². The molecule has 0 spiro atoms. The Bertz CT molecular complexity index is 941. The Hall–Kier alpha value is -2.95. The third kappa shape index (κ3) is 4.39. The number of aromatic nitrogens is 3. The van der Waals surface area contributed by atoms with Crippen molar-refractivity contribution >= 4 is 17.5 Å². The number of hydrogen-bond acceptors (Lipinski definition) is 5. The summed E-state index contributed by atoms with van der Waals surface area (Å²) >= 11 is 0. The van der Waals surface area contributed by atoms with Gasteiger partial charge in [-0.25, -0.2) is 4.98 Å². The van der Waals surface area contributed by atoms with E-state index in [-0.39, 0.29) is 31.0 Å². The number of halogens is 3. The first kappa shape index (κ1) is 20.8. The molecule has 0 saturated carbocycles. The van der Waals surface area contributed by atoms with Gasteiger partial charge in [0.25, 0.3) is 11.8 Å². The fraction of sp³-hybridized carbons (Fsp3) is 0.444. The van der Waals surface area contributed by atoms with Crippen LogP contribution in [0.4, 0.5) is 18.9 Å². The van der Waals surface area contributed by atoms with Crippen molar-refractivity contribution in [2.45, 2.75) is 26.1 Å². The number of pyridine rings is 1. The molecule has 0 bridgehead atoms. The molecular weight excluding hydrogens is 391 g/mol. The van der Waals surface area contributed by atoms with E-state index >= 15 is 0 Å². The Kier molecular flexibility index (Phi) is 5.60. The molecule has 1 fully saturated rings. The minimum atomic E-state index is -4.58. The fourth-order valence-electron chi connectivity index (χ4n) is 2.94. The van der Waals surface area contributed by atoms with Crippen molar-refractivity contribution in [2.75, 3.05) is 25.0 Å². The second kappa shape index (κ2) is 7.82. The highest BCUT2D eigenvalue weighted by molar-refractivity contribution is 5.97. The van der Waals surface area contributed by atoms with Crippen molar-refractivity contribution in [3.8, 4) is 0 Å². The first-order valence-corrected chi connectivity index (χ1v) is 8.83. The molecule has 8 nitrogen and oxygen atoms in total. The second-order valence-corrected chi connectivity index (χ2v) is 6.69. The van der Waals surface area contributed by atoms with E-state index in [4.69, 9.17) is 4.74 Å². The summed E-state index contributed by atoms with van der Waals surface area (Å²) in [4.78, 5) is 30.1. The summed E-state index contributed by atoms with van der Waals surface area (Å²) in [5.74, 6) is -0.928. The van der Waals surface area contributed by atoms with E-state index in [1.54, 1.807) is 18.7 Å². The molecule has 3 heterocycles. The Balaban J connectivity index is 1.71. The van der Waals surface area contributed by atoms with Crippen molar-refractivity contribution in [2.24, 2.45) is 7.05 Å². The minimum absolute atomic E-state index is 0.0234. The third-order valence-corrected chi connectivity index (χ3v) is 4.75. The van der Waals surface area contributed by atoms with E-state index in [0.29, 0.717) is 5.69 Å². The summed E-state index contributed by atoms with van der Waals surface area (Å²) in [7, 11) is 1.74. The average Bonchev–Trinajstić information content (AvgIpc) is 2.99.